The molecular weight excluding hydrogens is 168 g/mol. The van der Waals surface area contributed by atoms with Gasteiger partial charge < -0.3 is 4.42 Å². The summed E-state index contributed by atoms with van der Waals surface area (Å²) < 4.78 is 6.29. The van der Waals surface area contributed by atoms with E-state index in [9.17, 15) is 0 Å². The lowest BCUT2D eigenvalue weighted by atomic mass is 10.5. The highest BCUT2D eigenvalue weighted by molar-refractivity contribution is 7.18. The Labute approximate surface area is 67.2 Å². The lowest BCUT2D eigenvalue weighted by Crippen LogP contribution is -1.49. The lowest BCUT2D eigenvalue weighted by Gasteiger charge is -1.74. The minimum Gasteiger partial charge on any atom is -0.444 e. The van der Waals surface area contributed by atoms with E-state index in [1.807, 2.05) is 19.1 Å². The molecular formula is C7H5ClOS. The normalized spacial score (nSPS) is 11.0. The second-order valence-electron chi connectivity index (χ2n) is 2.14. The number of aryl methyl sites for hydroxylation is 1. The first kappa shape index (κ1) is 6.25. The topological polar surface area (TPSA) is 13.1 Å². The van der Waals surface area contributed by atoms with Crippen molar-refractivity contribution in [3.63, 3.8) is 0 Å². The molecule has 1 nitrogen and oxygen atoms in total. The zero-order chi connectivity index (χ0) is 7.14. The van der Waals surface area contributed by atoms with Crippen LogP contribution in [0.1, 0.15) is 4.88 Å². The summed E-state index contributed by atoms with van der Waals surface area (Å²) in [6.45, 7) is 2.05. The highest BCUT2D eigenvalue weighted by Gasteiger charge is 2.03. The van der Waals surface area contributed by atoms with Gasteiger partial charge in [-0.3, -0.25) is 0 Å². The molecule has 2 heterocycles. The maximum absolute atomic E-state index is 5.62. The van der Waals surface area contributed by atoms with Gasteiger partial charge in [0.1, 0.15) is 5.58 Å². The van der Waals surface area contributed by atoms with Crippen molar-refractivity contribution in [3.8, 4) is 0 Å². The van der Waals surface area contributed by atoms with Crippen LogP contribution in [0.5, 0.6) is 0 Å². The van der Waals surface area contributed by atoms with Crippen molar-refractivity contribution in [3.05, 3.63) is 22.2 Å². The average Bonchev–Trinajstić information content (AvgIpc) is 2.21. The fourth-order valence-electron chi connectivity index (χ4n) is 0.927. The summed E-state index contributed by atoms with van der Waals surface area (Å²) in [7, 11) is 0. The molecule has 0 saturated heterocycles. The van der Waals surface area contributed by atoms with Gasteiger partial charge in [0.05, 0.1) is 4.70 Å². The van der Waals surface area contributed by atoms with E-state index in [4.69, 9.17) is 16.0 Å². The number of hydrogen-bond acceptors (Lipinski definition) is 2. The van der Waals surface area contributed by atoms with E-state index in [1.165, 1.54) is 4.88 Å². The van der Waals surface area contributed by atoms with Crippen LogP contribution in [0.4, 0.5) is 0 Å². The molecule has 3 heteroatoms. The van der Waals surface area contributed by atoms with Crippen molar-refractivity contribution >= 4 is 33.2 Å². The Morgan fingerprint density at radius 2 is 2.30 bits per heavy atom. The summed E-state index contributed by atoms with van der Waals surface area (Å²) in [5.74, 6) is 0. The van der Waals surface area contributed by atoms with E-state index >= 15 is 0 Å². The molecule has 0 aliphatic heterocycles. The summed E-state index contributed by atoms with van der Waals surface area (Å²) in [5, 5.41) is 0.473. The first-order valence-corrected chi connectivity index (χ1v) is 4.10. The molecule has 0 bridgehead atoms. The van der Waals surface area contributed by atoms with Gasteiger partial charge in [0.15, 0.2) is 5.22 Å². The predicted octanol–water partition coefficient (Wildman–Crippen LogP) is 3.46. The highest BCUT2D eigenvalue weighted by Crippen LogP contribution is 2.29. The van der Waals surface area contributed by atoms with Crippen LogP contribution in [-0.2, 0) is 0 Å². The molecule has 0 aliphatic carbocycles. The molecule has 0 aromatic carbocycles. The van der Waals surface area contributed by atoms with Gasteiger partial charge in [0.2, 0.25) is 0 Å². The van der Waals surface area contributed by atoms with Gasteiger partial charge in [-0.2, -0.15) is 0 Å². The summed E-state index contributed by atoms with van der Waals surface area (Å²) in [4.78, 5) is 1.26. The van der Waals surface area contributed by atoms with E-state index in [1.54, 1.807) is 11.3 Å². The molecule has 0 saturated carbocycles. The number of thiophene rings is 1. The monoisotopic (exact) mass is 172 g/mol. The maximum Gasteiger partial charge on any atom is 0.195 e. The van der Waals surface area contributed by atoms with Gasteiger partial charge in [0.25, 0.3) is 0 Å². The average molecular weight is 173 g/mol. The summed E-state index contributed by atoms with van der Waals surface area (Å²) >= 11 is 7.31. The van der Waals surface area contributed by atoms with Crippen LogP contribution >= 0.6 is 22.9 Å². The summed E-state index contributed by atoms with van der Waals surface area (Å²) in [6, 6.07) is 3.83. The minimum atomic E-state index is 0.473. The Balaban J connectivity index is 2.83. The van der Waals surface area contributed by atoms with E-state index < -0.39 is 0 Å². The third-order valence-corrected chi connectivity index (χ3v) is 2.47. The zero-order valence-corrected chi connectivity index (χ0v) is 6.92. The van der Waals surface area contributed by atoms with Gasteiger partial charge in [0, 0.05) is 10.9 Å². The number of rotatable bonds is 0. The van der Waals surface area contributed by atoms with Crippen LogP contribution in [0.2, 0.25) is 5.22 Å². The lowest BCUT2D eigenvalue weighted by molar-refractivity contribution is 0.618. The number of fused-ring (bicyclic) bond motifs is 1. The molecule has 10 heavy (non-hydrogen) atoms. The van der Waals surface area contributed by atoms with E-state index in [0.717, 1.165) is 10.3 Å². The highest BCUT2D eigenvalue weighted by atomic mass is 35.5. The van der Waals surface area contributed by atoms with Gasteiger partial charge in [-0.1, -0.05) is 0 Å². The van der Waals surface area contributed by atoms with Crippen molar-refractivity contribution in [1.82, 2.24) is 0 Å². The van der Waals surface area contributed by atoms with Gasteiger partial charge >= 0.3 is 0 Å². The molecule has 0 aliphatic rings. The van der Waals surface area contributed by atoms with Crippen molar-refractivity contribution in [2.75, 3.05) is 0 Å². The molecule has 52 valence electrons. The number of hydrogen-bond donors (Lipinski definition) is 0. The Hall–Kier alpha value is -0.470. The Bertz CT molecular complexity index is 297. The number of halogens is 1. The van der Waals surface area contributed by atoms with Crippen molar-refractivity contribution in [1.29, 1.82) is 0 Å². The molecule has 0 radical (unpaired) electrons. The molecule has 0 amide bonds. The van der Waals surface area contributed by atoms with Crippen LogP contribution in [0.15, 0.2) is 16.5 Å². The fraction of sp³-hybridized carbons (Fsp3) is 0.143. The molecule has 0 N–H and O–H groups in total. The molecule has 0 fully saturated rings. The minimum absolute atomic E-state index is 0.473. The molecule has 2 aromatic rings. The summed E-state index contributed by atoms with van der Waals surface area (Å²) in [5.41, 5.74) is 0.896. The Kier molecular flexibility index (Phi) is 1.25. The largest absolute Gasteiger partial charge is 0.444 e. The van der Waals surface area contributed by atoms with E-state index in [2.05, 4.69) is 0 Å². The standard InChI is InChI=1S/C7H5ClOS/c1-4-2-5-6(10-4)3-7(8)9-5/h2-3H,1H3. The Morgan fingerprint density at radius 3 is 3.00 bits per heavy atom. The first-order valence-electron chi connectivity index (χ1n) is 2.91. The van der Waals surface area contributed by atoms with E-state index in [0.29, 0.717) is 5.22 Å². The third-order valence-electron chi connectivity index (χ3n) is 1.30. The molecule has 0 atom stereocenters. The second-order valence-corrected chi connectivity index (χ2v) is 3.80. The quantitative estimate of drug-likeness (QED) is 0.593. The fourth-order valence-corrected chi connectivity index (χ4v) is 2.06. The van der Waals surface area contributed by atoms with E-state index in [-0.39, 0.29) is 0 Å². The van der Waals surface area contributed by atoms with Crippen molar-refractivity contribution < 1.29 is 4.42 Å². The number of furan rings is 1. The smallest absolute Gasteiger partial charge is 0.195 e. The molecule has 2 rings (SSSR count). The second kappa shape index (κ2) is 2.01. The molecule has 2 aromatic heterocycles. The molecule has 0 spiro atoms. The van der Waals surface area contributed by atoms with Crippen molar-refractivity contribution in [2.24, 2.45) is 0 Å². The predicted molar refractivity (Wildman–Crippen MR) is 43.8 cm³/mol. The summed E-state index contributed by atoms with van der Waals surface area (Å²) in [6.07, 6.45) is 0. The third kappa shape index (κ3) is 0.842. The SMILES string of the molecule is Cc1cc2oc(Cl)cc2s1. The van der Waals surface area contributed by atoms with Gasteiger partial charge in [-0.05, 0) is 24.6 Å². The van der Waals surface area contributed by atoms with Crippen LogP contribution in [0, 0.1) is 6.92 Å². The van der Waals surface area contributed by atoms with Crippen LogP contribution < -0.4 is 0 Å². The van der Waals surface area contributed by atoms with Crippen LogP contribution in [0.3, 0.4) is 0 Å². The van der Waals surface area contributed by atoms with Crippen molar-refractivity contribution in [2.45, 2.75) is 6.92 Å². The first-order chi connectivity index (χ1) is 4.75. The maximum atomic E-state index is 5.62. The van der Waals surface area contributed by atoms with Crippen LogP contribution in [0.25, 0.3) is 10.3 Å². The zero-order valence-electron chi connectivity index (χ0n) is 5.35. The molecule has 0 unspecified atom stereocenters. The van der Waals surface area contributed by atoms with Crippen LogP contribution in [-0.4, -0.2) is 0 Å². The van der Waals surface area contributed by atoms with Gasteiger partial charge in [-0.15, -0.1) is 11.3 Å². The van der Waals surface area contributed by atoms with Gasteiger partial charge in [-0.25, -0.2) is 0 Å². The Morgan fingerprint density at radius 1 is 1.50 bits per heavy atom.